The highest BCUT2D eigenvalue weighted by Crippen LogP contribution is 2.42. The zero-order valence-electron chi connectivity index (χ0n) is 12.9. The van der Waals surface area contributed by atoms with Gasteiger partial charge in [-0.25, -0.2) is 0 Å². The van der Waals surface area contributed by atoms with Crippen molar-refractivity contribution in [2.24, 2.45) is 11.3 Å². The maximum atomic E-state index is 12.9. The van der Waals surface area contributed by atoms with E-state index >= 15 is 0 Å². The van der Waals surface area contributed by atoms with E-state index in [0.29, 0.717) is 5.92 Å². The van der Waals surface area contributed by atoms with Crippen molar-refractivity contribution in [1.82, 2.24) is 10.6 Å². The molecule has 1 heterocycles. The van der Waals surface area contributed by atoms with Gasteiger partial charge in [0.1, 0.15) is 0 Å². The van der Waals surface area contributed by atoms with E-state index in [4.69, 9.17) is 0 Å². The minimum Gasteiger partial charge on any atom is -0.349 e. The van der Waals surface area contributed by atoms with Crippen molar-refractivity contribution in [3.8, 4) is 0 Å². The number of carbonyl (C=O) groups is 1. The molecule has 1 unspecified atom stereocenters. The minimum atomic E-state index is -0.160. The molecule has 1 aromatic carbocycles. The molecule has 3 heteroatoms. The molecule has 1 aliphatic carbocycles. The number of carbonyl (C=O) groups excluding carboxylic acids is 1. The van der Waals surface area contributed by atoms with Crippen LogP contribution in [0.3, 0.4) is 0 Å². The van der Waals surface area contributed by atoms with E-state index in [1.165, 1.54) is 18.4 Å². The van der Waals surface area contributed by atoms with Crippen molar-refractivity contribution >= 4 is 5.91 Å². The fourth-order valence-corrected chi connectivity index (χ4v) is 3.50. The standard InChI is InChI=1S/C18H26N2O/c1-2-18(10-12-19-13-11-18)17(21)20-16(15-8-9-15)14-6-4-3-5-7-14/h3-7,15-16,19H,2,8-13H2,1H3,(H,20,21). The average molecular weight is 286 g/mol. The third-order valence-electron chi connectivity index (χ3n) is 5.26. The molecule has 114 valence electrons. The van der Waals surface area contributed by atoms with Gasteiger partial charge in [0.25, 0.3) is 0 Å². The molecule has 0 bridgehead atoms. The number of benzene rings is 1. The van der Waals surface area contributed by atoms with Crippen LogP contribution < -0.4 is 10.6 Å². The summed E-state index contributed by atoms with van der Waals surface area (Å²) in [5.41, 5.74) is 1.10. The Morgan fingerprint density at radius 2 is 1.95 bits per heavy atom. The van der Waals surface area contributed by atoms with E-state index in [2.05, 4.69) is 41.8 Å². The van der Waals surface area contributed by atoms with E-state index in [0.717, 1.165) is 32.4 Å². The van der Waals surface area contributed by atoms with E-state index in [1.54, 1.807) is 0 Å². The average Bonchev–Trinajstić information content (AvgIpc) is 3.38. The van der Waals surface area contributed by atoms with Crippen LogP contribution in [0.1, 0.15) is 50.6 Å². The lowest BCUT2D eigenvalue weighted by atomic mass is 9.75. The second kappa shape index (κ2) is 6.18. The molecule has 21 heavy (non-hydrogen) atoms. The van der Waals surface area contributed by atoms with Crippen LogP contribution in [-0.4, -0.2) is 19.0 Å². The molecule has 2 N–H and O–H groups in total. The summed E-state index contributed by atoms with van der Waals surface area (Å²) in [6, 6.07) is 10.7. The summed E-state index contributed by atoms with van der Waals surface area (Å²) in [4.78, 5) is 12.9. The molecule has 1 saturated heterocycles. The van der Waals surface area contributed by atoms with Crippen molar-refractivity contribution in [1.29, 1.82) is 0 Å². The van der Waals surface area contributed by atoms with Gasteiger partial charge in [-0.2, -0.15) is 0 Å². The first-order chi connectivity index (χ1) is 10.2. The van der Waals surface area contributed by atoms with Crippen molar-refractivity contribution < 1.29 is 4.79 Å². The molecule has 2 aliphatic rings. The highest BCUT2D eigenvalue weighted by Gasteiger charge is 2.41. The molecule has 1 amide bonds. The number of amides is 1. The topological polar surface area (TPSA) is 41.1 Å². The molecule has 3 rings (SSSR count). The maximum absolute atomic E-state index is 12.9. The van der Waals surface area contributed by atoms with Gasteiger partial charge in [-0.05, 0) is 56.7 Å². The molecule has 0 aromatic heterocycles. The van der Waals surface area contributed by atoms with Crippen LogP contribution in [0.2, 0.25) is 0 Å². The van der Waals surface area contributed by atoms with Crippen LogP contribution in [0.5, 0.6) is 0 Å². The SMILES string of the molecule is CCC1(C(=O)NC(c2ccccc2)C2CC2)CCNCC1. The Bertz CT molecular complexity index is 475. The Morgan fingerprint density at radius 1 is 1.29 bits per heavy atom. The molecular weight excluding hydrogens is 260 g/mol. The van der Waals surface area contributed by atoms with Crippen LogP contribution in [0.25, 0.3) is 0 Å². The molecule has 1 atom stereocenters. The summed E-state index contributed by atoms with van der Waals surface area (Å²) in [7, 11) is 0. The van der Waals surface area contributed by atoms with Gasteiger partial charge in [0.15, 0.2) is 0 Å². The minimum absolute atomic E-state index is 0.160. The van der Waals surface area contributed by atoms with Gasteiger partial charge in [-0.1, -0.05) is 37.3 Å². The number of nitrogens with one attached hydrogen (secondary N) is 2. The van der Waals surface area contributed by atoms with Gasteiger partial charge in [0.05, 0.1) is 11.5 Å². The first-order valence-electron chi connectivity index (χ1n) is 8.32. The Labute approximate surface area is 127 Å². The molecule has 1 saturated carbocycles. The van der Waals surface area contributed by atoms with Crippen LogP contribution in [0, 0.1) is 11.3 Å². The summed E-state index contributed by atoms with van der Waals surface area (Å²) in [6.07, 6.45) is 5.33. The van der Waals surface area contributed by atoms with E-state index in [9.17, 15) is 4.79 Å². The number of hydrogen-bond acceptors (Lipinski definition) is 2. The lowest BCUT2D eigenvalue weighted by Gasteiger charge is -2.37. The highest BCUT2D eigenvalue weighted by molar-refractivity contribution is 5.83. The molecule has 0 spiro atoms. The predicted octanol–water partition coefficient (Wildman–Crippen LogP) is 3.03. The number of piperidine rings is 1. The lowest BCUT2D eigenvalue weighted by molar-refractivity contribution is -0.133. The Morgan fingerprint density at radius 3 is 2.52 bits per heavy atom. The van der Waals surface area contributed by atoms with E-state index in [-0.39, 0.29) is 17.4 Å². The van der Waals surface area contributed by atoms with Gasteiger partial charge in [-0.15, -0.1) is 0 Å². The fraction of sp³-hybridized carbons (Fsp3) is 0.611. The molecule has 1 aliphatic heterocycles. The monoisotopic (exact) mass is 286 g/mol. The maximum Gasteiger partial charge on any atom is 0.226 e. The zero-order valence-corrected chi connectivity index (χ0v) is 12.9. The van der Waals surface area contributed by atoms with Gasteiger partial charge in [0, 0.05) is 0 Å². The Kier molecular flexibility index (Phi) is 4.29. The van der Waals surface area contributed by atoms with Gasteiger partial charge < -0.3 is 10.6 Å². The summed E-state index contributed by atoms with van der Waals surface area (Å²) in [5, 5.41) is 6.76. The third-order valence-corrected chi connectivity index (χ3v) is 5.26. The van der Waals surface area contributed by atoms with Gasteiger partial charge in [-0.3, -0.25) is 4.79 Å². The fourth-order valence-electron chi connectivity index (χ4n) is 3.50. The second-order valence-electron chi connectivity index (χ2n) is 6.58. The zero-order chi connectivity index (χ0) is 14.7. The molecular formula is C18H26N2O. The van der Waals surface area contributed by atoms with E-state index < -0.39 is 0 Å². The summed E-state index contributed by atoms with van der Waals surface area (Å²) >= 11 is 0. The van der Waals surface area contributed by atoms with Crippen molar-refractivity contribution in [3.63, 3.8) is 0 Å². The van der Waals surface area contributed by atoms with Crippen molar-refractivity contribution in [3.05, 3.63) is 35.9 Å². The largest absolute Gasteiger partial charge is 0.349 e. The molecule has 2 fully saturated rings. The van der Waals surface area contributed by atoms with Gasteiger partial charge >= 0.3 is 0 Å². The first-order valence-corrected chi connectivity index (χ1v) is 8.32. The van der Waals surface area contributed by atoms with Crippen LogP contribution in [0.4, 0.5) is 0 Å². The van der Waals surface area contributed by atoms with Crippen molar-refractivity contribution in [2.75, 3.05) is 13.1 Å². The normalized spacial score (nSPS) is 22.5. The third kappa shape index (κ3) is 3.13. The van der Waals surface area contributed by atoms with Crippen LogP contribution in [-0.2, 0) is 4.79 Å². The van der Waals surface area contributed by atoms with E-state index in [1.807, 2.05) is 6.07 Å². The number of hydrogen-bond donors (Lipinski definition) is 2. The predicted molar refractivity (Wildman–Crippen MR) is 84.9 cm³/mol. The molecule has 0 radical (unpaired) electrons. The first kappa shape index (κ1) is 14.6. The smallest absolute Gasteiger partial charge is 0.226 e. The Hall–Kier alpha value is -1.35. The number of rotatable bonds is 5. The van der Waals surface area contributed by atoms with Gasteiger partial charge in [0.2, 0.25) is 5.91 Å². The summed E-state index contributed by atoms with van der Waals surface area (Å²) < 4.78 is 0. The summed E-state index contributed by atoms with van der Waals surface area (Å²) in [6.45, 7) is 4.07. The van der Waals surface area contributed by atoms with Crippen molar-refractivity contribution in [2.45, 2.75) is 45.1 Å². The second-order valence-corrected chi connectivity index (χ2v) is 6.58. The Balaban J connectivity index is 1.75. The molecule has 3 nitrogen and oxygen atoms in total. The highest BCUT2D eigenvalue weighted by atomic mass is 16.2. The summed E-state index contributed by atoms with van der Waals surface area (Å²) in [5.74, 6) is 0.902. The lowest BCUT2D eigenvalue weighted by Crippen LogP contribution is -2.48. The quantitative estimate of drug-likeness (QED) is 0.873. The molecule has 1 aromatic rings. The van der Waals surface area contributed by atoms with Crippen LogP contribution in [0.15, 0.2) is 30.3 Å². The van der Waals surface area contributed by atoms with Crippen LogP contribution >= 0.6 is 0 Å².